The van der Waals surface area contributed by atoms with Crippen LogP contribution < -0.4 is 5.48 Å². The molecule has 0 aliphatic heterocycles. The van der Waals surface area contributed by atoms with Gasteiger partial charge in [0, 0.05) is 11.1 Å². The molecule has 5 nitrogen and oxygen atoms in total. The molecule has 0 spiro atoms. The Labute approximate surface area is 239 Å². The Balaban J connectivity index is 1.38. The zero-order chi connectivity index (χ0) is 27.9. The van der Waals surface area contributed by atoms with Crippen molar-refractivity contribution < 1.29 is 9.63 Å². The normalized spacial score (nSPS) is 11.2. The third kappa shape index (κ3) is 5.31. The van der Waals surface area contributed by atoms with Crippen LogP contribution in [0.25, 0.3) is 22.5 Å². The average Bonchev–Trinajstić information content (AvgIpc) is 3.47. The van der Waals surface area contributed by atoms with Crippen LogP contribution in [0.4, 0.5) is 0 Å². The van der Waals surface area contributed by atoms with E-state index in [9.17, 15) is 4.79 Å². The van der Waals surface area contributed by atoms with Crippen LogP contribution in [0.15, 0.2) is 152 Å². The highest BCUT2D eigenvalue weighted by molar-refractivity contribution is 5.84. The van der Waals surface area contributed by atoms with E-state index >= 15 is 0 Å². The topological polar surface area (TPSA) is 67.0 Å². The fourth-order valence-electron chi connectivity index (χ4n) is 5.24. The molecule has 200 valence electrons. The van der Waals surface area contributed by atoms with Gasteiger partial charge in [-0.1, -0.05) is 152 Å². The van der Waals surface area contributed by atoms with Crippen molar-refractivity contribution in [2.24, 2.45) is 0 Å². The van der Waals surface area contributed by atoms with Crippen molar-refractivity contribution in [1.82, 2.24) is 15.7 Å². The summed E-state index contributed by atoms with van der Waals surface area (Å²) >= 11 is 0. The summed E-state index contributed by atoms with van der Waals surface area (Å²) in [7, 11) is 0. The number of amides is 1. The Bertz CT molecular complexity index is 1550. The van der Waals surface area contributed by atoms with Crippen molar-refractivity contribution in [2.75, 3.05) is 0 Å². The summed E-state index contributed by atoms with van der Waals surface area (Å²) in [5.41, 5.74) is 8.69. The second kappa shape index (κ2) is 11.9. The SMILES string of the molecule is O=C(Cc1c(-c2ccccc2)n[nH]c1-c1ccccc1)NOC(c1ccccc1)(c1ccccc1)c1ccccc1. The van der Waals surface area contributed by atoms with E-state index in [0.29, 0.717) is 0 Å². The number of H-pyrrole nitrogens is 1. The smallest absolute Gasteiger partial charge is 0.248 e. The molecule has 6 aromatic rings. The van der Waals surface area contributed by atoms with E-state index < -0.39 is 5.60 Å². The number of benzene rings is 5. The summed E-state index contributed by atoms with van der Waals surface area (Å²) in [4.78, 5) is 20.3. The van der Waals surface area contributed by atoms with Gasteiger partial charge in [-0.3, -0.25) is 14.7 Å². The van der Waals surface area contributed by atoms with E-state index in [4.69, 9.17) is 4.84 Å². The van der Waals surface area contributed by atoms with Crippen molar-refractivity contribution in [2.45, 2.75) is 12.0 Å². The molecule has 1 aromatic heterocycles. The van der Waals surface area contributed by atoms with E-state index in [2.05, 4.69) is 15.7 Å². The molecule has 1 amide bonds. The van der Waals surface area contributed by atoms with Crippen molar-refractivity contribution in [3.05, 3.63) is 174 Å². The Morgan fingerprint density at radius 3 is 1.49 bits per heavy atom. The van der Waals surface area contributed by atoms with Crippen LogP contribution in [0, 0.1) is 0 Å². The number of aromatic amines is 1. The highest BCUT2D eigenvalue weighted by Crippen LogP contribution is 2.40. The summed E-state index contributed by atoms with van der Waals surface area (Å²) in [5.74, 6) is -0.284. The molecule has 6 rings (SSSR count). The van der Waals surface area contributed by atoms with Gasteiger partial charge in [-0.2, -0.15) is 5.10 Å². The van der Waals surface area contributed by atoms with Gasteiger partial charge in [0.1, 0.15) is 0 Å². The maximum absolute atomic E-state index is 13.7. The van der Waals surface area contributed by atoms with Crippen LogP contribution >= 0.6 is 0 Å². The minimum Gasteiger partial charge on any atom is -0.277 e. The Morgan fingerprint density at radius 2 is 1.02 bits per heavy atom. The van der Waals surface area contributed by atoms with E-state index in [1.807, 2.05) is 152 Å². The van der Waals surface area contributed by atoms with Gasteiger partial charge in [-0.25, -0.2) is 5.48 Å². The third-order valence-electron chi connectivity index (χ3n) is 7.17. The lowest BCUT2D eigenvalue weighted by Gasteiger charge is -2.35. The maximum atomic E-state index is 13.7. The first-order valence-corrected chi connectivity index (χ1v) is 13.6. The number of carbonyl (C=O) groups is 1. The summed E-state index contributed by atoms with van der Waals surface area (Å²) in [6.07, 6.45) is 0.0689. The van der Waals surface area contributed by atoms with Crippen LogP contribution in [0.2, 0.25) is 0 Å². The highest BCUT2D eigenvalue weighted by Gasteiger charge is 2.39. The first-order valence-electron chi connectivity index (χ1n) is 13.6. The second-order valence-corrected chi connectivity index (χ2v) is 9.74. The highest BCUT2D eigenvalue weighted by atomic mass is 16.7. The molecule has 1 heterocycles. The van der Waals surface area contributed by atoms with Crippen LogP contribution in [0.1, 0.15) is 22.3 Å². The summed E-state index contributed by atoms with van der Waals surface area (Å²) in [6.45, 7) is 0. The van der Waals surface area contributed by atoms with E-state index in [0.717, 1.165) is 44.8 Å². The summed E-state index contributed by atoms with van der Waals surface area (Å²) in [5, 5.41) is 7.80. The van der Waals surface area contributed by atoms with E-state index in [-0.39, 0.29) is 12.3 Å². The minimum atomic E-state index is -1.07. The van der Waals surface area contributed by atoms with Gasteiger partial charge in [-0.15, -0.1) is 0 Å². The van der Waals surface area contributed by atoms with Gasteiger partial charge in [-0.05, 0) is 22.3 Å². The zero-order valence-corrected chi connectivity index (χ0v) is 22.4. The van der Waals surface area contributed by atoms with Gasteiger partial charge in [0.15, 0.2) is 5.60 Å². The predicted octanol–water partition coefficient (Wildman–Crippen LogP) is 7.33. The monoisotopic (exact) mass is 535 g/mol. The Hall–Kier alpha value is -5.26. The first kappa shape index (κ1) is 26.0. The van der Waals surface area contributed by atoms with Gasteiger partial charge in [0.25, 0.3) is 0 Å². The van der Waals surface area contributed by atoms with Gasteiger partial charge >= 0.3 is 0 Å². The lowest BCUT2D eigenvalue weighted by atomic mass is 9.80. The lowest BCUT2D eigenvalue weighted by molar-refractivity contribution is -0.142. The van der Waals surface area contributed by atoms with Crippen LogP contribution in [-0.4, -0.2) is 16.1 Å². The molecule has 0 saturated carbocycles. The molecule has 5 aromatic carbocycles. The number of aromatic nitrogens is 2. The largest absolute Gasteiger partial charge is 0.277 e. The van der Waals surface area contributed by atoms with Crippen LogP contribution in [0.3, 0.4) is 0 Å². The zero-order valence-electron chi connectivity index (χ0n) is 22.4. The molecular weight excluding hydrogens is 506 g/mol. The molecule has 0 atom stereocenters. The standard InChI is InChI=1S/C36H29N3O2/c40-33(26-32-34(27-16-6-1-7-17-27)37-38-35(32)28-18-8-2-9-19-28)39-41-36(29-20-10-3-11-21-29,30-22-12-4-13-23-30)31-24-14-5-15-25-31/h1-25H,26H2,(H,37,38)(H,39,40). The molecule has 2 N–H and O–H groups in total. The fraction of sp³-hybridized carbons (Fsp3) is 0.0556. The molecule has 0 bridgehead atoms. The van der Waals surface area contributed by atoms with Gasteiger partial charge in [0.05, 0.1) is 17.8 Å². The number of carbonyl (C=O) groups excluding carboxylic acids is 1. The molecule has 0 unspecified atom stereocenters. The molecule has 0 aliphatic rings. The predicted molar refractivity (Wildman–Crippen MR) is 162 cm³/mol. The van der Waals surface area contributed by atoms with Crippen LogP contribution in [0.5, 0.6) is 0 Å². The van der Waals surface area contributed by atoms with Crippen molar-refractivity contribution in [3.63, 3.8) is 0 Å². The van der Waals surface area contributed by atoms with Crippen LogP contribution in [-0.2, 0) is 21.7 Å². The Morgan fingerprint density at radius 1 is 0.610 bits per heavy atom. The lowest BCUT2D eigenvalue weighted by Crippen LogP contribution is -2.41. The minimum absolute atomic E-state index is 0.0689. The third-order valence-corrected chi connectivity index (χ3v) is 7.17. The quantitative estimate of drug-likeness (QED) is 0.151. The summed E-state index contributed by atoms with van der Waals surface area (Å²) in [6, 6.07) is 49.7. The van der Waals surface area contributed by atoms with E-state index in [1.54, 1.807) is 0 Å². The number of hydrogen-bond acceptors (Lipinski definition) is 3. The van der Waals surface area contributed by atoms with Crippen molar-refractivity contribution in [3.8, 4) is 22.5 Å². The first-order chi connectivity index (χ1) is 20.3. The number of hydroxylamine groups is 1. The number of rotatable bonds is 9. The number of nitrogens with zero attached hydrogens (tertiary/aromatic N) is 1. The molecule has 0 saturated heterocycles. The molecule has 5 heteroatoms. The van der Waals surface area contributed by atoms with E-state index in [1.165, 1.54) is 0 Å². The summed E-state index contributed by atoms with van der Waals surface area (Å²) < 4.78 is 0. The average molecular weight is 536 g/mol. The molecule has 0 radical (unpaired) electrons. The number of nitrogens with one attached hydrogen (secondary N) is 2. The molecule has 0 fully saturated rings. The van der Waals surface area contributed by atoms with Crippen molar-refractivity contribution in [1.29, 1.82) is 0 Å². The van der Waals surface area contributed by atoms with Crippen molar-refractivity contribution >= 4 is 5.91 Å². The number of hydrogen-bond donors (Lipinski definition) is 2. The second-order valence-electron chi connectivity index (χ2n) is 9.74. The van der Waals surface area contributed by atoms with Gasteiger partial charge in [0.2, 0.25) is 5.91 Å². The maximum Gasteiger partial charge on any atom is 0.248 e. The molecular formula is C36H29N3O2. The van der Waals surface area contributed by atoms with Gasteiger partial charge < -0.3 is 0 Å². The molecule has 41 heavy (non-hydrogen) atoms. The Kier molecular flexibility index (Phi) is 7.52. The molecule has 0 aliphatic carbocycles. The fourth-order valence-corrected chi connectivity index (χ4v) is 5.24.